The van der Waals surface area contributed by atoms with Gasteiger partial charge in [-0.05, 0) is 36.8 Å². The molecule has 2 aromatic carbocycles. The number of rotatable bonds is 7. The van der Waals surface area contributed by atoms with Crippen molar-refractivity contribution in [1.82, 2.24) is 14.9 Å². The van der Waals surface area contributed by atoms with Crippen LogP contribution in [-0.4, -0.2) is 54.3 Å². The SMILES string of the molecule is Fc1ccc(Nc2ncnc3cc(OCCCN4CCOCC4)ccc23)cc1Cl. The van der Waals surface area contributed by atoms with E-state index >= 15 is 0 Å². The van der Waals surface area contributed by atoms with Crippen LogP contribution in [0.3, 0.4) is 0 Å². The van der Waals surface area contributed by atoms with Gasteiger partial charge in [-0.15, -0.1) is 0 Å². The maximum atomic E-state index is 13.4. The first kappa shape index (κ1) is 19.8. The fraction of sp³-hybridized carbons (Fsp3) is 0.333. The number of hydrogen-bond donors (Lipinski definition) is 1. The van der Waals surface area contributed by atoms with Gasteiger partial charge in [-0.3, -0.25) is 4.90 Å². The van der Waals surface area contributed by atoms with Gasteiger partial charge in [0.15, 0.2) is 0 Å². The van der Waals surface area contributed by atoms with E-state index in [1.165, 1.54) is 18.5 Å². The van der Waals surface area contributed by atoms with Gasteiger partial charge in [-0.25, -0.2) is 14.4 Å². The molecule has 4 rings (SSSR count). The monoisotopic (exact) mass is 416 g/mol. The summed E-state index contributed by atoms with van der Waals surface area (Å²) in [6, 6.07) is 10.2. The maximum absolute atomic E-state index is 13.4. The predicted octanol–water partition coefficient (Wildman–Crippen LogP) is 4.27. The molecule has 1 aliphatic rings. The zero-order valence-corrected chi connectivity index (χ0v) is 16.7. The summed E-state index contributed by atoms with van der Waals surface area (Å²) in [5, 5.41) is 4.06. The molecule has 8 heteroatoms. The Labute approximate surface area is 173 Å². The van der Waals surface area contributed by atoms with E-state index in [0.29, 0.717) is 18.1 Å². The lowest BCUT2D eigenvalue weighted by atomic mass is 10.2. The van der Waals surface area contributed by atoms with Crippen LogP contribution < -0.4 is 10.1 Å². The number of hydrogen-bond acceptors (Lipinski definition) is 6. The Balaban J connectivity index is 1.39. The lowest BCUT2D eigenvalue weighted by Crippen LogP contribution is -2.37. The van der Waals surface area contributed by atoms with Gasteiger partial charge in [0, 0.05) is 36.8 Å². The summed E-state index contributed by atoms with van der Waals surface area (Å²) < 4.78 is 24.6. The molecule has 152 valence electrons. The molecule has 0 aliphatic carbocycles. The first-order valence-electron chi connectivity index (χ1n) is 9.59. The fourth-order valence-corrected chi connectivity index (χ4v) is 3.42. The molecule has 3 aromatic rings. The second-order valence-electron chi connectivity index (χ2n) is 6.81. The standard InChI is InChI=1S/C21H22ClFN4O2/c22-18-12-15(2-5-19(18)23)26-21-17-4-3-16(13-20(17)24-14-25-21)29-9-1-6-27-7-10-28-11-8-27/h2-5,12-14H,1,6-11H2,(H,24,25,26). The topological polar surface area (TPSA) is 59.5 Å². The summed E-state index contributed by atoms with van der Waals surface area (Å²) in [4.78, 5) is 11.0. The molecule has 0 atom stereocenters. The van der Waals surface area contributed by atoms with Gasteiger partial charge in [0.25, 0.3) is 0 Å². The highest BCUT2D eigenvalue weighted by Gasteiger charge is 2.10. The summed E-state index contributed by atoms with van der Waals surface area (Å²) in [7, 11) is 0. The van der Waals surface area contributed by atoms with E-state index in [-0.39, 0.29) is 5.02 Å². The largest absolute Gasteiger partial charge is 0.493 e. The average Bonchev–Trinajstić information content (AvgIpc) is 2.75. The molecule has 2 heterocycles. The number of halogens is 2. The number of aromatic nitrogens is 2. The van der Waals surface area contributed by atoms with Gasteiger partial charge >= 0.3 is 0 Å². The Morgan fingerprint density at radius 3 is 2.83 bits per heavy atom. The predicted molar refractivity (Wildman–Crippen MR) is 112 cm³/mol. The van der Waals surface area contributed by atoms with Gasteiger partial charge in [0.1, 0.15) is 23.7 Å². The highest BCUT2D eigenvalue weighted by atomic mass is 35.5. The number of nitrogens with zero attached hydrogens (tertiary/aromatic N) is 3. The van der Waals surface area contributed by atoms with E-state index < -0.39 is 5.82 Å². The van der Waals surface area contributed by atoms with Crippen molar-refractivity contribution in [1.29, 1.82) is 0 Å². The molecule has 6 nitrogen and oxygen atoms in total. The minimum absolute atomic E-state index is 0.0566. The van der Waals surface area contributed by atoms with Crippen molar-refractivity contribution in [3.63, 3.8) is 0 Å². The van der Waals surface area contributed by atoms with Crippen LogP contribution in [0.15, 0.2) is 42.7 Å². The summed E-state index contributed by atoms with van der Waals surface area (Å²) in [5.74, 6) is 0.936. The molecule has 1 fully saturated rings. The molecule has 0 amide bonds. The molecule has 0 bridgehead atoms. The van der Waals surface area contributed by atoms with Crippen molar-refractivity contribution in [3.8, 4) is 5.75 Å². The summed E-state index contributed by atoms with van der Waals surface area (Å²) in [6.45, 7) is 5.25. The molecule has 0 spiro atoms. The first-order valence-corrected chi connectivity index (χ1v) is 9.96. The van der Waals surface area contributed by atoms with E-state index in [1.54, 1.807) is 6.07 Å². The molecular formula is C21H22ClFN4O2. The summed E-state index contributed by atoms with van der Waals surface area (Å²) in [5.41, 5.74) is 1.42. The van der Waals surface area contributed by atoms with Crippen molar-refractivity contribution < 1.29 is 13.9 Å². The molecule has 1 aromatic heterocycles. The fourth-order valence-electron chi connectivity index (χ4n) is 3.24. The average molecular weight is 417 g/mol. The lowest BCUT2D eigenvalue weighted by molar-refractivity contribution is 0.0358. The van der Waals surface area contributed by atoms with E-state index in [2.05, 4.69) is 20.2 Å². The van der Waals surface area contributed by atoms with Gasteiger partial charge in [0.2, 0.25) is 0 Å². The number of nitrogens with one attached hydrogen (secondary N) is 1. The molecule has 1 aliphatic heterocycles. The third kappa shape index (κ3) is 5.12. The Bertz CT molecular complexity index is 982. The summed E-state index contributed by atoms with van der Waals surface area (Å²) >= 11 is 5.86. The van der Waals surface area contributed by atoms with Crippen LogP contribution in [0.2, 0.25) is 5.02 Å². The highest BCUT2D eigenvalue weighted by molar-refractivity contribution is 6.31. The molecule has 0 unspecified atom stereocenters. The molecule has 1 N–H and O–H groups in total. The van der Waals surface area contributed by atoms with Crippen LogP contribution >= 0.6 is 11.6 Å². The third-order valence-corrected chi connectivity index (χ3v) is 5.07. The number of anilines is 2. The third-order valence-electron chi connectivity index (χ3n) is 4.78. The van der Waals surface area contributed by atoms with E-state index in [4.69, 9.17) is 21.1 Å². The Morgan fingerprint density at radius 1 is 1.14 bits per heavy atom. The number of fused-ring (bicyclic) bond motifs is 1. The van der Waals surface area contributed by atoms with Crippen LogP contribution in [-0.2, 0) is 4.74 Å². The zero-order chi connectivity index (χ0) is 20.1. The molecular weight excluding hydrogens is 395 g/mol. The second kappa shape index (κ2) is 9.35. The van der Waals surface area contributed by atoms with Crippen LogP contribution in [0, 0.1) is 5.82 Å². The minimum Gasteiger partial charge on any atom is -0.493 e. The highest BCUT2D eigenvalue weighted by Crippen LogP contribution is 2.28. The van der Waals surface area contributed by atoms with Crippen LogP contribution in [0.5, 0.6) is 5.75 Å². The molecule has 1 saturated heterocycles. The smallest absolute Gasteiger partial charge is 0.141 e. The van der Waals surface area contributed by atoms with Crippen molar-refractivity contribution in [3.05, 3.63) is 53.6 Å². The van der Waals surface area contributed by atoms with Crippen LogP contribution in [0.1, 0.15) is 6.42 Å². The Kier molecular flexibility index (Phi) is 6.39. The molecule has 0 saturated carbocycles. The molecule has 0 radical (unpaired) electrons. The normalized spacial score (nSPS) is 14.8. The zero-order valence-electron chi connectivity index (χ0n) is 15.9. The van der Waals surface area contributed by atoms with E-state index in [9.17, 15) is 4.39 Å². The number of benzene rings is 2. The first-order chi connectivity index (χ1) is 14.2. The van der Waals surface area contributed by atoms with E-state index in [0.717, 1.165) is 55.9 Å². The van der Waals surface area contributed by atoms with Gasteiger partial charge in [0.05, 0.1) is 30.4 Å². The van der Waals surface area contributed by atoms with Crippen LogP contribution in [0.4, 0.5) is 15.9 Å². The Morgan fingerprint density at radius 2 is 2.00 bits per heavy atom. The number of morpholine rings is 1. The van der Waals surface area contributed by atoms with Gasteiger partial charge in [-0.1, -0.05) is 11.6 Å². The maximum Gasteiger partial charge on any atom is 0.141 e. The quantitative estimate of drug-likeness (QED) is 0.580. The lowest BCUT2D eigenvalue weighted by Gasteiger charge is -2.26. The van der Waals surface area contributed by atoms with Crippen molar-refractivity contribution >= 4 is 34.0 Å². The van der Waals surface area contributed by atoms with E-state index in [1.807, 2.05) is 18.2 Å². The summed E-state index contributed by atoms with van der Waals surface area (Å²) in [6.07, 6.45) is 2.44. The second-order valence-corrected chi connectivity index (χ2v) is 7.22. The van der Waals surface area contributed by atoms with Crippen molar-refractivity contribution in [2.24, 2.45) is 0 Å². The van der Waals surface area contributed by atoms with Crippen molar-refractivity contribution in [2.75, 3.05) is 44.8 Å². The Hall–Kier alpha value is -2.48. The number of ether oxygens (including phenoxy) is 2. The van der Waals surface area contributed by atoms with Gasteiger partial charge < -0.3 is 14.8 Å². The minimum atomic E-state index is -0.458. The van der Waals surface area contributed by atoms with Gasteiger partial charge in [-0.2, -0.15) is 0 Å². The van der Waals surface area contributed by atoms with Crippen molar-refractivity contribution in [2.45, 2.75) is 6.42 Å². The van der Waals surface area contributed by atoms with Crippen LogP contribution in [0.25, 0.3) is 10.9 Å². The molecule has 29 heavy (non-hydrogen) atoms.